The van der Waals surface area contributed by atoms with E-state index in [0.717, 1.165) is 33.5 Å². The van der Waals surface area contributed by atoms with Gasteiger partial charge in [-0.1, -0.05) is 23.7 Å². The Bertz CT molecular complexity index is 890. The van der Waals surface area contributed by atoms with Gasteiger partial charge in [-0.15, -0.1) is 23.1 Å². The van der Waals surface area contributed by atoms with Gasteiger partial charge < -0.3 is 0 Å². The number of amides is 1. The smallest absolute Gasteiger partial charge is 0.240 e. The summed E-state index contributed by atoms with van der Waals surface area (Å²) in [6, 6.07) is 7.86. The third kappa shape index (κ3) is 2.77. The molecule has 0 radical (unpaired) electrons. The first-order valence-electron chi connectivity index (χ1n) is 10.2. The van der Waals surface area contributed by atoms with E-state index in [2.05, 4.69) is 5.38 Å². The van der Waals surface area contributed by atoms with Crippen LogP contribution in [-0.4, -0.2) is 16.6 Å². The maximum absolute atomic E-state index is 12.7. The van der Waals surface area contributed by atoms with Crippen molar-refractivity contribution in [2.24, 2.45) is 17.8 Å². The van der Waals surface area contributed by atoms with Gasteiger partial charge in [0.15, 0.2) is 5.13 Å². The summed E-state index contributed by atoms with van der Waals surface area (Å²) in [5.74, 6) is 3.39. The molecule has 0 N–H and O–H groups in total. The standard InChI is InChI=1S/C22H23ClN2OS2/c23-17-3-1-16(2-4-17)20-25(19(26)12-27-20)21-24-18(11-28-21)22-8-13-5-14(9-22)7-15(6-13)10-22/h1-4,11,13-15,20H,5-10,12H2. The Labute approximate surface area is 178 Å². The summed E-state index contributed by atoms with van der Waals surface area (Å²) in [6.45, 7) is 0. The van der Waals surface area contributed by atoms with Crippen molar-refractivity contribution in [2.75, 3.05) is 10.7 Å². The van der Waals surface area contributed by atoms with Crippen molar-refractivity contribution in [1.29, 1.82) is 0 Å². The molecule has 1 aliphatic heterocycles. The molecule has 5 aliphatic rings. The number of aromatic nitrogens is 1. The van der Waals surface area contributed by atoms with Gasteiger partial charge in [0, 0.05) is 15.8 Å². The number of benzene rings is 1. The van der Waals surface area contributed by atoms with E-state index in [-0.39, 0.29) is 16.7 Å². The largest absolute Gasteiger partial charge is 0.273 e. The number of thioether (sulfide) groups is 1. The van der Waals surface area contributed by atoms with Gasteiger partial charge in [0.25, 0.3) is 0 Å². The Hall–Kier alpha value is -1.04. The van der Waals surface area contributed by atoms with Crippen LogP contribution in [0.1, 0.15) is 55.2 Å². The van der Waals surface area contributed by atoms with Crippen LogP contribution in [0.15, 0.2) is 29.6 Å². The number of carbonyl (C=O) groups is 1. The van der Waals surface area contributed by atoms with Crippen molar-refractivity contribution in [1.82, 2.24) is 4.98 Å². The van der Waals surface area contributed by atoms with Crippen LogP contribution in [-0.2, 0) is 10.2 Å². The number of hydrogen-bond acceptors (Lipinski definition) is 4. The molecule has 28 heavy (non-hydrogen) atoms. The average Bonchev–Trinajstić information content (AvgIpc) is 3.28. The van der Waals surface area contributed by atoms with Crippen molar-refractivity contribution < 1.29 is 4.79 Å². The second kappa shape index (κ2) is 6.48. The van der Waals surface area contributed by atoms with E-state index in [1.807, 2.05) is 29.2 Å². The molecule has 6 heteroatoms. The molecule has 2 aromatic rings. The molecule has 4 aliphatic carbocycles. The summed E-state index contributed by atoms with van der Waals surface area (Å²) >= 11 is 9.39. The molecule has 1 saturated heterocycles. The molecular weight excluding hydrogens is 408 g/mol. The first-order valence-corrected chi connectivity index (χ1v) is 12.6. The van der Waals surface area contributed by atoms with Gasteiger partial charge in [-0.05, 0) is 74.0 Å². The van der Waals surface area contributed by atoms with Crippen LogP contribution in [0.3, 0.4) is 0 Å². The predicted octanol–water partition coefficient (Wildman–Crippen LogP) is 6.04. The normalized spacial score (nSPS) is 36.5. The van der Waals surface area contributed by atoms with Gasteiger partial charge in [0.05, 0.1) is 11.4 Å². The number of halogens is 1. The van der Waals surface area contributed by atoms with Crippen molar-refractivity contribution in [3.8, 4) is 0 Å². The fourth-order valence-electron chi connectivity index (χ4n) is 6.55. The number of thiazole rings is 1. The van der Waals surface area contributed by atoms with E-state index >= 15 is 0 Å². The second-order valence-corrected chi connectivity index (χ2v) is 11.5. The molecule has 1 amide bonds. The van der Waals surface area contributed by atoms with E-state index in [0.29, 0.717) is 5.75 Å². The quantitative estimate of drug-likeness (QED) is 0.594. The number of carbonyl (C=O) groups excluding carboxylic acids is 1. The highest BCUT2D eigenvalue weighted by Crippen LogP contribution is 2.61. The van der Waals surface area contributed by atoms with E-state index in [9.17, 15) is 4.79 Å². The first-order chi connectivity index (χ1) is 13.6. The molecule has 7 rings (SSSR count). The Balaban J connectivity index is 1.33. The lowest BCUT2D eigenvalue weighted by molar-refractivity contribution is -0.115. The molecule has 1 aromatic heterocycles. The van der Waals surface area contributed by atoms with Crippen molar-refractivity contribution >= 4 is 45.7 Å². The third-order valence-corrected chi connectivity index (χ3v) is 9.61. The summed E-state index contributed by atoms with van der Waals surface area (Å²) < 4.78 is 0. The maximum atomic E-state index is 12.7. The summed E-state index contributed by atoms with van der Waals surface area (Å²) in [5, 5.41) is 3.86. The molecule has 2 heterocycles. The van der Waals surface area contributed by atoms with Crippen molar-refractivity contribution in [3.05, 3.63) is 45.9 Å². The minimum absolute atomic E-state index is 0.000120. The molecular formula is C22H23ClN2OS2. The van der Waals surface area contributed by atoms with Crippen LogP contribution < -0.4 is 4.90 Å². The predicted molar refractivity (Wildman–Crippen MR) is 116 cm³/mol. The number of rotatable bonds is 3. The lowest BCUT2D eigenvalue weighted by atomic mass is 9.49. The van der Waals surface area contributed by atoms with Gasteiger partial charge in [0.1, 0.15) is 5.37 Å². The number of nitrogens with zero attached hydrogens (tertiary/aromatic N) is 2. The monoisotopic (exact) mass is 430 g/mol. The first kappa shape index (κ1) is 17.8. The van der Waals surface area contributed by atoms with Crippen molar-refractivity contribution in [3.63, 3.8) is 0 Å². The highest BCUT2D eigenvalue weighted by atomic mass is 35.5. The fourth-order valence-corrected chi connectivity index (χ4v) is 8.89. The molecule has 5 fully saturated rings. The Morgan fingerprint density at radius 3 is 2.32 bits per heavy atom. The summed E-state index contributed by atoms with van der Waals surface area (Å²) in [7, 11) is 0. The molecule has 146 valence electrons. The second-order valence-electron chi connectivity index (χ2n) is 9.19. The summed E-state index contributed by atoms with van der Waals surface area (Å²) in [5.41, 5.74) is 2.67. The van der Waals surface area contributed by atoms with Gasteiger partial charge in [-0.2, -0.15) is 0 Å². The minimum Gasteiger partial charge on any atom is -0.273 e. The highest BCUT2D eigenvalue weighted by molar-refractivity contribution is 8.00. The van der Waals surface area contributed by atoms with Crippen LogP contribution in [0.2, 0.25) is 5.02 Å². The lowest BCUT2D eigenvalue weighted by Crippen LogP contribution is -2.48. The summed E-state index contributed by atoms with van der Waals surface area (Å²) in [4.78, 5) is 19.8. The molecule has 1 unspecified atom stereocenters. The molecule has 4 bridgehead atoms. The van der Waals surface area contributed by atoms with E-state index in [1.165, 1.54) is 44.2 Å². The number of anilines is 1. The maximum Gasteiger partial charge on any atom is 0.240 e. The van der Waals surface area contributed by atoms with Crippen LogP contribution in [0.25, 0.3) is 0 Å². The zero-order valence-electron chi connectivity index (χ0n) is 15.6. The minimum atomic E-state index is 0.000120. The van der Waals surface area contributed by atoms with Crippen LogP contribution in [0, 0.1) is 17.8 Å². The van der Waals surface area contributed by atoms with Crippen LogP contribution >= 0.6 is 34.7 Å². The number of hydrogen-bond donors (Lipinski definition) is 0. The van der Waals surface area contributed by atoms with Crippen molar-refractivity contribution in [2.45, 2.75) is 49.3 Å². The topological polar surface area (TPSA) is 33.2 Å². The van der Waals surface area contributed by atoms with Crippen LogP contribution in [0.5, 0.6) is 0 Å². The Morgan fingerprint density at radius 1 is 1.04 bits per heavy atom. The molecule has 0 spiro atoms. The van der Waals surface area contributed by atoms with Crippen LogP contribution in [0.4, 0.5) is 5.13 Å². The SMILES string of the molecule is O=C1CSC(c2ccc(Cl)cc2)N1c1nc(C23CC4CC(CC(C4)C2)C3)cs1. The zero-order chi connectivity index (χ0) is 18.9. The van der Waals surface area contributed by atoms with Gasteiger partial charge >= 0.3 is 0 Å². The van der Waals surface area contributed by atoms with Gasteiger partial charge in [-0.3, -0.25) is 9.69 Å². The molecule has 4 saturated carbocycles. The average molecular weight is 431 g/mol. The highest BCUT2D eigenvalue weighted by Gasteiger charge is 2.52. The molecule has 1 atom stereocenters. The van der Waals surface area contributed by atoms with Gasteiger partial charge in [-0.25, -0.2) is 4.98 Å². The molecule has 1 aromatic carbocycles. The third-order valence-electron chi connectivity index (χ3n) is 7.30. The van der Waals surface area contributed by atoms with E-state index in [4.69, 9.17) is 16.6 Å². The van der Waals surface area contributed by atoms with E-state index in [1.54, 1.807) is 23.1 Å². The molecule has 3 nitrogen and oxygen atoms in total. The summed E-state index contributed by atoms with van der Waals surface area (Å²) in [6.07, 6.45) is 8.25. The Morgan fingerprint density at radius 2 is 1.68 bits per heavy atom. The lowest BCUT2D eigenvalue weighted by Gasteiger charge is -2.56. The zero-order valence-corrected chi connectivity index (χ0v) is 18.0. The van der Waals surface area contributed by atoms with Gasteiger partial charge in [0.2, 0.25) is 5.91 Å². The Kier molecular flexibility index (Phi) is 4.12. The fraction of sp³-hybridized carbons (Fsp3) is 0.545. The van der Waals surface area contributed by atoms with E-state index < -0.39 is 0 Å².